The predicted molar refractivity (Wildman–Crippen MR) is 52.3 cm³/mol. The predicted octanol–water partition coefficient (Wildman–Crippen LogP) is 4.17. The molecule has 0 aromatic carbocycles. The van der Waals surface area contributed by atoms with Crippen LogP contribution in [0.2, 0.25) is 0 Å². The maximum atomic E-state index is 3.82. The first-order chi connectivity index (χ1) is 5.41. The van der Waals surface area contributed by atoms with Crippen molar-refractivity contribution < 1.29 is 0 Å². The van der Waals surface area contributed by atoms with Crippen molar-refractivity contribution in [2.75, 3.05) is 0 Å². The molecule has 0 aliphatic heterocycles. The van der Waals surface area contributed by atoms with E-state index in [0.717, 1.165) is 6.42 Å². The summed E-state index contributed by atoms with van der Waals surface area (Å²) < 4.78 is 0. The second-order valence-electron chi connectivity index (χ2n) is 3.13. The lowest BCUT2D eigenvalue weighted by Gasteiger charge is -1.98. The molecule has 0 aromatic rings. The summed E-state index contributed by atoms with van der Waals surface area (Å²) in [4.78, 5) is 0. The van der Waals surface area contributed by atoms with Crippen LogP contribution in [0.4, 0.5) is 0 Å². The van der Waals surface area contributed by atoms with Crippen molar-refractivity contribution in [1.82, 2.24) is 0 Å². The molecule has 0 N–H and O–H groups in total. The van der Waals surface area contributed by atoms with E-state index >= 15 is 0 Å². The van der Waals surface area contributed by atoms with E-state index in [-0.39, 0.29) is 0 Å². The van der Waals surface area contributed by atoms with Crippen LogP contribution in [0.15, 0.2) is 0 Å². The van der Waals surface area contributed by atoms with Crippen LogP contribution in [0.1, 0.15) is 58.3 Å². The Labute approximate surface area is 72.4 Å². The molecule has 0 heterocycles. The highest BCUT2D eigenvalue weighted by Gasteiger charge is 1.89. The molecule has 0 bridgehead atoms. The van der Waals surface area contributed by atoms with Crippen molar-refractivity contribution in [3.8, 4) is 0 Å². The molecule has 0 saturated heterocycles. The van der Waals surface area contributed by atoms with E-state index in [1.807, 2.05) is 0 Å². The average Bonchev–Trinajstić information content (AvgIpc) is 2.03. The second kappa shape index (κ2) is 10.0. The molecule has 2 radical (unpaired) electrons. The van der Waals surface area contributed by atoms with E-state index in [4.69, 9.17) is 0 Å². The van der Waals surface area contributed by atoms with Crippen molar-refractivity contribution in [2.24, 2.45) is 0 Å². The summed E-state index contributed by atoms with van der Waals surface area (Å²) in [5.74, 6) is 0. The molecule has 11 heavy (non-hydrogen) atoms. The Balaban J connectivity index is 2.69. The summed E-state index contributed by atoms with van der Waals surface area (Å²) in [6.07, 6.45) is 12.9. The zero-order valence-electron chi connectivity index (χ0n) is 7.94. The third kappa shape index (κ3) is 10.0. The van der Waals surface area contributed by atoms with Gasteiger partial charge in [0.2, 0.25) is 0 Å². The van der Waals surface area contributed by atoms with Crippen LogP contribution in [0, 0.1) is 13.3 Å². The first kappa shape index (κ1) is 11.0. The van der Waals surface area contributed by atoms with Crippen molar-refractivity contribution in [2.45, 2.75) is 58.3 Å². The fourth-order valence-corrected chi connectivity index (χ4v) is 1.15. The minimum atomic E-state index is 1.10. The molecule has 0 spiro atoms. The lowest BCUT2D eigenvalue weighted by molar-refractivity contribution is 0.663. The smallest absolute Gasteiger partial charge is 0.0386 e. The molecule has 0 heteroatoms. The van der Waals surface area contributed by atoms with Crippen molar-refractivity contribution in [3.63, 3.8) is 0 Å². The van der Waals surface area contributed by atoms with Gasteiger partial charge in [-0.1, -0.05) is 65.2 Å². The van der Waals surface area contributed by atoms with Crippen LogP contribution in [-0.4, -0.2) is 0 Å². The Kier molecular flexibility index (Phi) is 10.0. The van der Waals surface area contributed by atoms with E-state index in [0.29, 0.717) is 0 Å². The van der Waals surface area contributed by atoms with Crippen LogP contribution in [-0.2, 0) is 0 Å². The van der Waals surface area contributed by atoms with Gasteiger partial charge in [-0.25, -0.2) is 0 Å². The van der Waals surface area contributed by atoms with Crippen LogP contribution in [0.5, 0.6) is 0 Å². The maximum absolute atomic E-state index is 3.82. The number of hydrogen-bond acceptors (Lipinski definition) is 0. The van der Waals surface area contributed by atoms with Gasteiger partial charge in [0.1, 0.15) is 0 Å². The number of rotatable bonds is 8. The zero-order chi connectivity index (χ0) is 8.36. The lowest BCUT2D eigenvalue weighted by atomic mass is 10.1. The van der Waals surface area contributed by atoms with Gasteiger partial charge in [-0.15, -0.1) is 0 Å². The third-order valence-electron chi connectivity index (χ3n) is 1.92. The van der Waals surface area contributed by atoms with Crippen LogP contribution >= 0.6 is 0 Å². The number of unbranched alkanes of at least 4 members (excludes halogenated alkanes) is 8. The first-order valence-corrected chi connectivity index (χ1v) is 5.02. The van der Waals surface area contributed by atoms with Crippen LogP contribution in [0.25, 0.3) is 0 Å². The summed E-state index contributed by atoms with van der Waals surface area (Å²) in [7, 11) is 0. The molecule has 0 aliphatic carbocycles. The standard InChI is InChI=1S/C11H22/c1-3-5-7-9-11-10-8-6-4-2/h11H,1,3-10H2,2H3. The molecular weight excluding hydrogens is 132 g/mol. The Morgan fingerprint density at radius 3 is 2.18 bits per heavy atom. The third-order valence-corrected chi connectivity index (χ3v) is 1.92. The van der Waals surface area contributed by atoms with E-state index < -0.39 is 0 Å². The van der Waals surface area contributed by atoms with Gasteiger partial charge in [-0.3, -0.25) is 0 Å². The Hall–Kier alpha value is 0. The highest BCUT2D eigenvalue weighted by atomic mass is 13.9. The largest absolute Gasteiger partial charge is 0.0654 e. The van der Waals surface area contributed by atoms with Crippen molar-refractivity contribution in [1.29, 1.82) is 0 Å². The number of hydrogen-bond donors (Lipinski definition) is 0. The van der Waals surface area contributed by atoms with Gasteiger partial charge in [0.05, 0.1) is 0 Å². The van der Waals surface area contributed by atoms with E-state index in [2.05, 4.69) is 20.3 Å². The molecule has 0 fully saturated rings. The monoisotopic (exact) mass is 154 g/mol. The van der Waals surface area contributed by atoms with Crippen molar-refractivity contribution >= 4 is 0 Å². The van der Waals surface area contributed by atoms with Crippen molar-refractivity contribution in [3.05, 3.63) is 13.3 Å². The normalized spacial score (nSPS) is 10.4. The second-order valence-corrected chi connectivity index (χ2v) is 3.13. The average molecular weight is 154 g/mol. The lowest BCUT2D eigenvalue weighted by Crippen LogP contribution is -1.80. The molecule has 0 nitrogen and oxygen atoms in total. The van der Waals surface area contributed by atoms with Gasteiger partial charge in [0.15, 0.2) is 0 Å². The molecule has 0 rings (SSSR count). The highest BCUT2D eigenvalue weighted by molar-refractivity contribution is 4.64. The summed E-state index contributed by atoms with van der Waals surface area (Å²) in [5.41, 5.74) is 0. The van der Waals surface area contributed by atoms with E-state index in [1.54, 1.807) is 0 Å². The molecule has 0 saturated carbocycles. The Morgan fingerprint density at radius 2 is 1.64 bits per heavy atom. The van der Waals surface area contributed by atoms with E-state index in [9.17, 15) is 0 Å². The molecule has 0 amide bonds. The Bertz CT molecular complexity index is 49.1. The van der Waals surface area contributed by atoms with Gasteiger partial charge in [-0.05, 0) is 6.42 Å². The maximum Gasteiger partial charge on any atom is -0.0386 e. The fourth-order valence-electron chi connectivity index (χ4n) is 1.15. The highest BCUT2D eigenvalue weighted by Crippen LogP contribution is 2.07. The quantitative estimate of drug-likeness (QED) is 0.460. The molecule has 0 aromatic heterocycles. The molecule has 0 unspecified atom stereocenters. The van der Waals surface area contributed by atoms with Crippen LogP contribution < -0.4 is 0 Å². The summed E-state index contributed by atoms with van der Waals surface area (Å²) in [6.45, 7) is 6.07. The van der Waals surface area contributed by atoms with Crippen LogP contribution in [0.3, 0.4) is 0 Å². The van der Waals surface area contributed by atoms with Gasteiger partial charge < -0.3 is 0 Å². The van der Waals surface area contributed by atoms with Gasteiger partial charge >= 0.3 is 0 Å². The molecular formula is C11H22. The zero-order valence-corrected chi connectivity index (χ0v) is 7.94. The summed E-state index contributed by atoms with van der Waals surface area (Å²) in [6, 6.07) is 0. The van der Waals surface area contributed by atoms with Gasteiger partial charge in [-0.2, -0.15) is 0 Å². The van der Waals surface area contributed by atoms with E-state index in [1.165, 1.54) is 44.9 Å². The van der Waals surface area contributed by atoms with Gasteiger partial charge in [0.25, 0.3) is 0 Å². The Morgan fingerprint density at radius 1 is 1.00 bits per heavy atom. The summed E-state index contributed by atoms with van der Waals surface area (Å²) >= 11 is 0. The molecule has 0 atom stereocenters. The SMILES string of the molecule is [CH2]CCCC[CH]CCCCC. The minimum absolute atomic E-state index is 1.10. The summed E-state index contributed by atoms with van der Waals surface area (Å²) in [5, 5.41) is 0. The molecule has 0 aliphatic rings. The topological polar surface area (TPSA) is 0 Å². The minimum Gasteiger partial charge on any atom is -0.0654 e. The molecule has 66 valence electrons. The fraction of sp³-hybridized carbons (Fsp3) is 0.818. The van der Waals surface area contributed by atoms with Gasteiger partial charge in [0, 0.05) is 0 Å². The first-order valence-electron chi connectivity index (χ1n) is 5.02.